The van der Waals surface area contributed by atoms with Crippen molar-refractivity contribution in [2.24, 2.45) is 11.8 Å². The summed E-state index contributed by atoms with van der Waals surface area (Å²) in [6, 6.07) is 7.66. The van der Waals surface area contributed by atoms with Crippen molar-refractivity contribution in [1.29, 1.82) is 0 Å². The minimum atomic E-state index is -0.0236. The molecule has 3 aliphatic rings. The average molecular weight is 425 g/mol. The van der Waals surface area contributed by atoms with Crippen molar-refractivity contribution >= 4 is 11.8 Å². The van der Waals surface area contributed by atoms with Gasteiger partial charge in [-0.15, -0.1) is 0 Å². The lowest BCUT2D eigenvalue weighted by Gasteiger charge is -2.52. The Kier molecular flexibility index (Phi) is 5.08. The summed E-state index contributed by atoms with van der Waals surface area (Å²) < 4.78 is 10.7. The van der Waals surface area contributed by atoms with Crippen LogP contribution in [0.4, 0.5) is 0 Å². The number of nitrogens with zero attached hydrogens (tertiary/aromatic N) is 3. The number of piperidine rings is 3. The van der Waals surface area contributed by atoms with E-state index in [2.05, 4.69) is 15.1 Å². The van der Waals surface area contributed by atoms with Gasteiger partial charge in [0.05, 0.1) is 19.9 Å². The second-order valence-corrected chi connectivity index (χ2v) is 8.81. The topological polar surface area (TPSA) is 87.8 Å². The number of H-pyrrole nitrogens is 1. The van der Waals surface area contributed by atoms with Gasteiger partial charge in [-0.2, -0.15) is 5.10 Å². The van der Waals surface area contributed by atoms with E-state index >= 15 is 0 Å². The molecule has 4 heterocycles. The van der Waals surface area contributed by atoms with Crippen LogP contribution < -0.4 is 9.47 Å². The maximum Gasteiger partial charge on any atom is 0.271 e. The summed E-state index contributed by atoms with van der Waals surface area (Å²) in [5.74, 6) is 2.26. The van der Waals surface area contributed by atoms with Crippen molar-refractivity contribution in [3.8, 4) is 22.8 Å². The number of fused-ring (bicyclic) bond motifs is 4. The molecule has 0 aliphatic carbocycles. The van der Waals surface area contributed by atoms with Crippen LogP contribution >= 0.6 is 0 Å². The number of carbonyl (C=O) groups excluding carboxylic acids is 2. The number of carbonyl (C=O) groups is 2. The van der Waals surface area contributed by atoms with E-state index in [0.717, 1.165) is 31.4 Å². The van der Waals surface area contributed by atoms with Crippen LogP contribution in [0.25, 0.3) is 11.3 Å². The molecule has 8 heteroatoms. The summed E-state index contributed by atoms with van der Waals surface area (Å²) in [6.07, 6.45) is 3.80. The van der Waals surface area contributed by atoms with Crippen molar-refractivity contribution in [2.75, 3.05) is 33.9 Å². The van der Waals surface area contributed by atoms with Crippen molar-refractivity contribution in [1.82, 2.24) is 20.0 Å². The molecule has 8 nitrogen and oxygen atoms in total. The first-order valence-corrected chi connectivity index (χ1v) is 10.9. The molecule has 1 N–H and O–H groups in total. The number of hydrogen-bond acceptors (Lipinski definition) is 5. The van der Waals surface area contributed by atoms with Crippen molar-refractivity contribution in [3.63, 3.8) is 0 Å². The molecule has 3 fully saturated rings. The van der Waals surface area contributed by atoms with Crippen LogP contribution in [0.15, 0.2) is 24.3 Å². The van der Waals surface area contributed by atoms with Crippen LogP contribution in [-0.4, -0.2) is 71.7 Å². The quantitative estimate of drug-likeness (QED) is 0.815. The normalized spacial score (nSPS) is 25.2. The van der Waals surface area contributed by atoms with E-state index in [1.807, 2.05) is 23.1 Å². The Bertz CT molecular complexity index is 1000. The predicted octanol–water partition coefficient (Wildman–Crippen LogP) is 2.57. The fourth-order valence-electron chi connectivity index (χ4n) is 5.52. The van der Waals surface area contributed by atoms with Gasteiger partial charge in [-0.1, -0.05) is 0 Å². The third-order valence-electron chi connectivity index (χ3n) is 6.95. The Labute approximate surface area is 181 Å². The Morgan fingerprint density at radius 3 is 2.77 bits per heavy atom. The number of nitrogens with one attached hydrogen (secondary N) is 1. The molecule has 1 aromatic heterocycles. The molecule has 3 atom stereocenters. The molecule has 0 spiro atoms. The second kappa shape index (κ2) is 7.90. The summed E-state index contributed by atoms with van der Waals surface area (Å²) in [4.78, 5) is 29.6. The first-order chi connectivity index (χ1) is 15.1. The zero-order chi connectivity index (χ0) is 21.5. The fraction of sp³-hybridized carbons (Fsp3) is 0.522. The molecule has 0 radical (unpaired) electrons. The summed E-state index contributed by atoms with van der Waals surface area (Å²) in [6.45, 7) is 2.18. The van der Waals surface area contributed by atoms with Crippen LogP contribution in [-0.2, 0) is 4.79 Å². The number of amides is 2. The highest BCUT2D eigenvalue weighted by molar-refractivity contribution is 5.93. The second-order valence-electron chi connectivity index (χ2n) is 8.81. The van der Waals surface area contributed by atoms with E-state index < -0.39 is 0 Å². The van der Waals surface area contributed by atoms with Crippen molar-refractivity contribution in [2.45, 2.75) is 31.7 Å². The van der Waals surface area contributed by atoms with E-state index in [9.17, 15) is 9.59 Å². The van der Waals surface area contributed by atoms with E-state index in [0.29, 0.717) is 60.1 Å². The molecule has 31 heavy (non-hydrogen) atoms. The van der Waals surface area contributed by atoms with Gasteiger partial charge in [0, 0.05) is 37.7 Å². The van der Waals surface area contributed by atoms with Crippen molar-refractivity contribution in [3.05, 3.63) is 30.0 Å². The molecule has 3 aliphatic heterocycles. The van der Waals surface area contributed by atoms with Gasteiger partial charge < -0.3 is 19.3 Å². The van der Waals surface area contributed by atoms with Crippen molar-refractivity contribution < 1.29 is 19.1 Å². The maximum atomic E-state index is 13.3. The standard InChI is InChI=1S/C23H28N4O4/c1-30-20-7-6-15(9-21(20)31-2)17-10-18(25-24-17)23(29)26-11-14-8-16(13-26)19-4-3-5-22(28)27(19)12-14/h6-7,9-10,14,16,19H,3-5,8,11-13H2,1-2H3,(H,24,25)/t14-,16+,19?/m1/s1. The lowest BCUT2D eigenvalue weighted by atomic mass is 9.76. The molecule has 1 unspecified atom stereocenters. The highest BCUT2D eigenvalue weighted by Gasteiger charge is 2.45. The first-order valence-electron chi connectivity index (χ1n) is 10.9. The zero-order valence-corrected chi connectivity index (χ0v) is 18.0. The highest BCUT2D eigenvalue weighted by atomic mass is 16.5. The Morgan fingerprint density at radius 1 is 1.13 bits per heavy atom. The van der Waals surface area contributed by atoms with Gasteiger partial charge >= 0.3 is 0 Å². The van der Waals surface area contributed by atoms with E-state index in [4.69, 9.17) is 9.47 Å². The number of ether oxygens (including phenoxy) is 2. The van der Waals surface area contributed by atoms with Crippen LogP contribution in [0.3, 0.4) is 0 Å². The molecule has 2 aromatic rings. The highest BCUT2D eigenvalue weighted by Crippen LogP contribution is 2.38. The molecule has 5 rings (SSSR count). The average Bonchev–Trinajstić information content (AvgIpc) is 3.29. The maximum absolute atomic E-state index is 13.3. The molecule has 1 aromatic carbocycles. The monoisotopic (exact) mass is 424 g/mol. The molecule has 2 amide bonds. The Hall–Kier alpha value is -3.03. The molecular formula is C23H28N4O4. The lowest BCUT2D eigenvalue weighted by molar-refractivity contribution is -0.144. The number of hydrogen-bond donors (Lipinski definition) is 1. The minimum Gasteiger partial charge on any atom is -0.493 e. The van der Waals surface area contributed by atoms with Gasteiger partial charge in [0.15, 0.2) is 11.5 Å². The zero-order valence-electron chi connectivity index (χ0n) is 18.0. The third kappa shape index (κ3) is 3.54. The summed E-state index contributed by atoms with van der Waals surface area (Å²) in [5.41, 5.74) is 2.02. The van der Waals surface area contributed by atoms with Crippen LogP contribution in [0.1, 0.15) is 36.2 Å². The minimum absolute atomic E-state index is 0.0236. The molecular weight excluding hydrogens is 396 g/mol. The Morgan fingerprint density at radius 2 is 1.97 bits per heavy atom. The predicted molar refractivity (Wildman–Crippen MR) is 114 cm³/mol. The molecule has 2 bridgehead atoms. The van der Waals surface area contributed by atoms with Gasteiger partial charge in [-0.3, -0.25) is 14.7 Å². The van der Waals surface area contributed by atoms with Gasteiger partial charge in [0.1, 0.15) is 5.69 Å². The van der Waals surface area contributed by atoms with Crippen LogP contribution in [0.5, 0.6) is 11.5 Å². The van der Waals surface area contributed by atoms with Crippen LogP contribution in [0.2, 0.25) is 0 Å². The van der Waals surface area contributed by atoms with Gasteiger partial charge in [-0.25, -0.2) is 0 Å². The first kappa shape index (κ1) is 19.9. The fourth-order valence-corrected chi connectivity index (χ4v) is 5.52. The van der Waals surface area contributed by atoms with Gasteiger partial charge in [0.2, 0.25) is 5.91 Å². The number of likely N-dealkylation sites (tertiary alicyclic amines) is 1. The largest absolute Gasteiger partial charge is 0.493 e. The van der Waals surface area contributed by atoms with Crippen LogP contribution in [0, 0.1) is 11.8 Å². The SMILES string of the molecule is COc1ccc(-c2cc(C(=O)N3C[C@H]4C[C@@H](C3)C3CCCC(=O)N3C4)[nH]n2)cc1OC. The number of benzene rings is 1. The number of aromatic amines is 1. The summed E-state index contributed by atoms with van der Waals surface area (Å²) >= 11 is 0. The van der Waals surface area contributed by atoms with E-state index in [-0.39, 0.29) is 11.9 Å². The Balaban J connectivity index is 1.33. The summed E-state index contributed by atoms with van der Waals surface area (Å²) in [7, 11) is 3.19. The lowest BCUT2D eigenvalue weighted by Crippen LogP contribution is -2.61. The number of aromatic nitrogens is 2. The van der Waals surface area contributed by atoms with E-state index in [1.165, 1.54) is 0 Å². The molecule has 164 valence electrons. The number of rotatable bonds is 4. The van der Waals surface area contributed by atoms with Gasteiger partial charge in [-0.05, 0) is 55.4 Å². The smallest absolute Gasteiger partial charge is 0.271 e. The molecule has 0 saturated carbocycles. The summed E-state index contributed by atoms with van der Waals surface area (Å²) in [5, 5.41) is 7.28. The van der Waals surface area contributed by atoms with E-state index in [1.54, 1.807) is 20.3 Å². The molecule has 3 saturated heterocycles. The number of methoxy groups -OCH3 is 2. The third-order valence-corrected chi connectivity index (χ3v) is 6.95. The van der Waals surface area contributed by atoms with Gasteiger partial charge in [0.25, 0.3) is 5.91 Å².